The van der Waals surface area contributed by atoms with Crippen LogP contribution in [0.15, 0.2) is 12.4 Å². The van der Waals surface area contributed by atoms with Gasteiger partial charge >= 0.3 is 0 Å². The first kappa shape index (κ1) is 7.59. The van der Waals surface area contributed by atoms with Crippen LogP contribution in [0, 0.1) is 5.92 Å². The Morgan fingerprint density at radius 2 is 2.08 bits per heavy atom. The summed E-state index contributed by atoms with van der Waals surface area (Å²) >= 11 is 0. The van der Waals surface area contributed by atoms with Gasteiger partial charge in [-0.1, -0.05) is 5.46 Å². The Bertz CT molecular complexity index is 256. The summed E-state index contributed by atoms with van der Waals surface area (Å²) in [5, 5.41) is 3.16. The topological polar surface area (TPSA) is 37.8 Å². The first-order valence-corrected chi connectivity index (χ1v) is 4.16. The Morgan fingerprint density at radius 1 is 1.42 bits per heavy atom. The summed E-state index contributed by atoms with van der Waals surface area (Å²) in [5.74, 6) is 1.52. The van der Waals surface area contributed by atoms with Crippen molar-refractivity contribution >= 4 is 19.3 Å². The summed E-state index contributed by atoms with van der Waals surface area (Å²) in [6, 6.07) is 0. The molecule has 1 heterocycles. The minimum Gasteiger partial charge on any atom is -0.354 e. The van der Waals surface area contributed by atoms with Gasteiger partial charge in [0.2, 0.25) is 5.95 Å². The summed E-state index contributed by atoms with van der Waals surface area (Å²) in [6.07, 6.45) is 5.90. The van der Waals surface area contributed by atoms with Crippen molar-refractivity contribution in [3.05, 3.63) is 12.4 Å². The highest BCUT2D eigenvalue weighted by atomic mass is 15.1. The lowest BCUT2D eigenvalue weighted by Crippen LogP contribution is -2.10. The van der Waals surface area contributed by atoms with Crippen molar-refractivity contribution in [2.45, 2.75) is 12.8 Å². The second-order valence-corrected chi connectivity index (χ2v) is 3.16. The molecule has 2 radical (unpaired) electrons. The van der Waals surface area contributed by atoms with Crippen LogP contribution in [0.1, 0.15) is 12.8 Å². The zero-order chi connectivity index (χ0) is 8.39. The molecule has 0 aliphatic heterocycles. The van der Waals surface area contributed by atoms with Crippen LogP contribution in [0.25, 0.3) is 0 Å². The molecule has 1 N–H and O–H groups in total. The quantitative estimate of drug-likeness (QED) is 0.635. The molecular formula is C8H10BN3. The van der Waals surface area contributed by atoms with Crippen molar-refractivity contribution in [2.75, 3.05) is 11.9 Å². The average Bonchev–Trinajstić information content (AvgIpc) is 2.87. The van der Waals surface area contributed by atoms with E-state index in [1.54, 1.807) is 12.4 Å². The molecule has 0 bridgehead atoms. The standard InChI is InChI=1S/C8H10BN3/c9-7-4-11-8(12-5-7)10-3-6-1-2-6/h4-6H,1-3H2,(H,10,11,12). The second-order valence-electron chi connectivity index (χ2n) is 3.16. The van der Waals surface area contributed by atoms with Gasteiger partial charge in [0.15, 0.2) is 0 Å². The maximum atomic E-state index is 5.44. The van der Waals surface area contributed by atoms with Gasteiger partial charge in [0.25, 0.3) is 0 Å². The minimum absolute atomic E-state index is 0.604. The van der Waals surface area contributed by atoms with E-state index in [4.69, 9.17) is 7.85 Å². The summed E-state index contributed by atoms with van der Waals surface area (Å²) in [4.78, 5) is 8.06. The summed E-state index contributed by atoms with van der Waals surface area (Å²) in [5.41, 5.74) is 0.604. The highest BCUT2D eigenvalue weighted by Gasteiger charge is 2.20. The average molecular weight is 159 g/mol. The van der Waals surface area contributed by atoms with Crippen LogP contribution in [-0.4, -0.2) is 24.4 Å². The van der Waals surface area contributed by atoms with Crippen LogP contribution in [0.3, 0.4) is 0 Å². The van der Waals surface area contributed by atoms with Gasteiger partial charge in [0.1, 0.15) is 7.85 Å². The Balaban J connectivity index is 1.89. The number of anilines is 1. The lowest BCUT2D eigenvalue weighted by atomic mass is 10.0. The monoisotopic (exact) mass is 159 g/mol. The van der Waals surface area contributed by atoms with Gasteiger partial charge < -0.3 is 5.32 Å². The summed E-state index contributed by atoms with van der Waals surface area (Å²) < 4.78 is 0. The third-order valence-electron chi connectivity index (χ3n) is 1.92. The van der Waals surface area contributed by atoms with Crippen LogP contribution >= 0.6 is 0 Å². The highest BCUT2D eigenvalue weighted by Crippen LogP contribution is 2.28. The fourth-order valence-electron chi connectivity index (χ4n) is 0.987. The molecule has 0 unspecified atom stereocenters. The largest absolute Gasteiger partial charge is 0.354 e. The zero-order valence-corrected chi connectivity index (χ0v) is 6.83. The maximum Gasteiger partial charge on any atom is 0.222 e. The van der Waals surface area contributed by atoms with Gasteiger partial charge in [-0.2, -0.15) is 0 Å². The Kier molecular flexibility index (Phi) is 1.98. The van der Waals surface area contributed by atoms with E-state index in [1.807, 2.05) is 0 Å². The van der Waals surface area contributed by atoms with Gasteiger partial charge in [-0.15, -0.1) is 0 Å². The fourth-order valence-corrected chi connectivity index (χ4v) is 0.987. The van der Waals surface area contributed by atoms with Crippen LogP contribution < -0.4 is 10.8 Å². The summed E-state index contributed by atoms with van der Waals surface area (Å²) in [6.45, 7) is 0.990. The van der Waals surface area contributed by atoms with Gasteiger partial charge in [0, 0.05) is 18.9 Å². The van der Waals surface area contributed by atoms with Crippen molar-refractivity contribution in [1.29, 1.82) is 0 Å². The number of aromatic nitrogens is 2. The van der Waals surface area contributed by atoms with E-state index in [0.717, 1.165) is 12.5 Å². The number of hydrogen-bond donors (Lipinski definition) is 1. The number of nitrogens with one attached hydrogen (secondary N) is 1. The van der Waals surface area contributed by atoms with Crippen molar-refractivity contribution in [2.24, 2.45) is 5.92 Å². The van der Waals surface area contributed by atoms with E-state index in [1.165, 1.54) is 12.8 Å². The first-order valence-electron chi connectivity index (χ1n) is 4.16. The lowest BCUT2D eigenvalue weighted by Gasteiger charge is -2.01. The molecule has 1 aliphatic rings. The maximum absolute atomic E-state index is 5.44. The van der Waals surface area contributed by atoms with E-state index in [2.05, 4.69) is 15.3 Å². The van der Waals surface area contributed by atoms with E-state index in [0.29, 0.717) is 11.4 Å². The summed E-state index contributed by atoms with van der Waals surface area (Å²) in [7, 11) is 5.44. The molecule has 0 spiro atoms. The number of nitrogens with zero attached hydrogens (tertiary/aromatic N) is 2. The third kappa shape index (κ3) is 1.97. The molecule has 1 aromatic rings. The fraction of sp³-hybridized carbons (Fsp3) is 0.500. The lowest BCUT2D eigenvalue weighted by molar-refractivity contribution is 0.874. The Hall–Kier alpha value is -1.06. The van der Waals surface area contributed by atoms with Crippen LogP contribution in [0.5, 0.6) is 0 Å². The van der Waals surface area contributed by atoms with E-state index >= 15 is 0 Å². The number of hydrogen-bond acceptors (Lipinski definition) is 3. The Labute approximate surface area is 73.0 Å². The molecule has 1 aromatic heterocycles. The molecule has 60 valence electrons. The molecular weight excluding hydrogens is 149 g/mol. The van der Waals surface area contributed by atoms with Gasteiger partial charge in [-0.05, 0) is 18.8 Å². The Morgan fingerprint density at radius 3 is 2.67 bits per heavy atom. The van der Waals surface area contributed by atoms with E-state index < -0.39 is 0 Å². The normalized spacial score (nSPS) is 16.0. The van der Waals surface area contributed by atoms with Crippen LogP contribution in [0.2, 0.25) is 0 Å². The molecule has 2 rings (SSSR count). The predicted octanol–water partition coefficient (Wildman–Crippen LogP) is 0.0923. The SMILES string of the molecule is [B]c1cnc(NCC2CC2)nc1. The first-order chi connectivity index (χ1) is 5.84. The predicted molar refractivity (Wildman–Crippen MR) is 48.6 cm³/mol. The molecule has 4 heteroatoms. The zero-order valence-electron chi connectivity index (χ0n) is 6.83. The molecule has 1 aliphatic carbocycles. The van der Waals surface area contributed by atoms with Crippen molar-refractivity contribution in [1.82, 2.24) is 9.97 Å². The molecule has 1 fully saturated rings. The smallest absolute Gasteiger partial charge is 0.222 e. The molecule has 3 nitrogen and oxygen atoms in total. The second kappa shape index (κ2) is 3.13. The van der Waals surface area contributed by atoms with Crippen molar-refractivity contribution in [3.8, 4) is 0 Å². The van der Waals surface area contributed by atoms with E-state index in [9.17, 15) is 0 Å². The van der Waals surface area contributed by atoms with Crippen molar-refractivity contribution < 1.29 is 0 Å². The molecule has 0 atom stereocenters. The molecule has 0 saturated heterocycles. The highest BCUT2D eigenvalue weighted by molar-refractivity contribution is 6.31. The third-order valence-corrected chi connectivity index (χ3v) is 1.92. The molecule has 0 amide bonds. The minimum atomic E-state index is 0.604. The number of rotatable bonds is 3. The van der Waals surface area contributed by atoms with Gasteiger partial charge in [0.05, 0.1) is 0 Å². The molecule has 0 aromatic carbocycles. The van der Waals surface area contributed by atoms with Crippen LogP contribution in [-0.2, 0) is 0 Å². The van der Waals surface area contributed by atoms with Gasteiger partial charge in [-0.25, -0.2) is 9.97 Å². The molecule has 12 heavy (non-hydrogen) atoms. The van der Waals surface area contributed by atoms with E-state index in [-0.39, 0.29) is 0 Å². The van der Waals surface area contributed by atoms with Crippen LogP contribution in [0.4, 0.5) is 5.95 Å². The van der Waals surface area contributed by atoms with Gasteiger partial charge in [-0.3, -0.25) is 0 Å². The molecule has 1 saturated carbocycles. The van der Waals surface area contributed by atoms with Crippen molar-refractivity contribution in [3.63, 3.8) is 0 Å².